The van der Waals surface area contributed by atoms with Crippen molar-refractivity contribution >= 4 is 30.3 Å². The molecule has 0 bridgehead atoms. The average Bonchev–Trinajstić information content (AvgIpc) is 1.76. The molecular formula is C3H5NOSn. The molecule has 0 aromatic rings. The topological polar surface area (TPSA) is 21.6 Å². The maximum absolute atomic E-state index is 4.65. The van der Waals surface area contributed by atoms with Crippen molar-refractivity contribution in [3.8, 4) is 0 Å². The number of hydrogen-bond donors (Lipinski definition) is 0. The summed E-state index contributed by atoms with van der Waals surface area (Å²) in [5, 5.41) is 0. The molecule has 0 aromatic heterocycles. The molecule has 0 spiro atoms. The molecule has 3 heteroatoms. The molecule has 6 heavy (non-hydrogen) atoms. The van der Waals surface area contributed by atoms with Crippen LogP contribution >= 0.6 is 0 Å². The molecule has 0 fully saturated rings. The molecule has 2 nitrogen and oxygen atoms in total. The second-order valence-electron chi connectivity index (χ2n) is 0.882. The van der Waals surface area contributed by atoms with Crippen molar-refractivity contribution in [3.63, 3.8) is 0 Å². The van der Waals surface area contributed by atoms with Gasteiger partial charge < -0.3 is 4.74 Å². The third-order valence-corrected chi connectivity index (χ3v) is 0.487. The van der Waals surface area contributed by atoms with Crippen molar-refractivity contribution in [1.82, 2.24) is 0 Å². The Balaban J connectivity index is 0.000000250. The summed E-state index contributed by atoms with van der Waals surface area (Å²) < 4.78 is 4.65. The van der Waals surface area contributed by atoms with Crippen molar-refractivity contribution < 1.29 is 4.74 Å². The largest absolute Gasteiger partial charge is 0.482 e. The summed E-state index contributed by atoms with van der Waals surface area (Å²) >= 11 is 0. The summed E-state index contributed by atoms with van der Waals surface area (Å²) in [5.74, 6) is 0. The van der Waals surface area contributed by atoms with Gasteiger partial charge in [-0.3, -0.25) is 4.99 Å². The van der Waals surface area contributed by atoms with Gasteiger partial charge in [-0.05, 0) is 0 Å². The molecule has 32 valence electrons. The fourth-order valence-corrected chi connectivity index (χ4v) is 0.264. The molecule has 0 amide bonds. The van der Waals surface area contributed by atoms with Crippen LogP contribution in [-0.2, 0) is 4.74 Å². The first-order valence-corrected chi connectivity index (χ1v) is 1.60. The Labute approximate surface area is 53.6 Å². The first kappa shape index (κ1) is 6.27. The Bertz CT molecular complexity index is 48.8. The first-order chi connectivity index (χ1) is 2.50. The van der Waals surface area contributed by atoms with E-state index in [1.807, 2.05) is 0 Å². The molecule has 1 aliphatic heterocycles. The van der Waals surface area contributed by atoms with Gasteiger partial charge >= 0.3 is 0 Å². The smallest absolute Gasteiger partial charge is 0.169 e. The van der Waals surface area contributed by atoms with E-state index >= 15 is 0 Å². The molecular weight excluding hydrogens is 185 g/mol. The number of rotatable bonds is 0. The van der Waals surface area contributed by atoms with Crippen LogP contribution in [0.3, 0.4) is 0 Å². The van der Waals surface area contributed by atoms with Crippen molar-refractivity contribution in [3.05, 3.63) is 0 Å². The van der Waals surface area contributed by atoms with Crippen LogP contribution in [0.2, 0.25) is 0 Å². The van der Waals surface area contributed by atoms with Gasteiger partial charge in [-0.2, -0.15) is 0 Å². The number of aliphatic imine (C=N–C) groups is 1. The minimum absolute atomic E-state index is 0. The maximum Gasteiger partial charge on any atom is 0.169 e. The summed E-state index contributed by atoms with van der Waals surface area (Å²) in [6.07, 6.45) is 1.49. The fourth-order valence-electron chi connectivity index (χ4n) is 0.264. The van der Waals surface area contributed by atoms with Gasteiger partial charge in [0.05, 0.1) is 6.54 Å². The molecule has 1 rings (SSSR count). The Kier molecular flexibility index (Phi) is 3.61. The molecule has 0 aliphatic carbocycles. The quantitative estimate of drug-likeness (QED) is 0.479. The summed E-state index contributed by atoms with van der Waals surface area (Å²) in [4.78, 5) is 3.74. The zero-order chi connectivity index (χ0) is 3.54. The second kappa shape index (κ2) is 3.46. The predicted octanol–water partition coefficient (Wildman–Crippen LogP) is -0.336. The molecule has 0 saturated heterocycles. The van der Waals surface area contributed by atoms with E-state index in [1.165, 1.54) is 6.40 Å². The third kappa shape index (κ3) is 1.64. The van der Waals surface area contributed by atoms with Crippen LogP contribution in [0.15, 0.2) is 4.99 Å². The number of ether oxygens (including phenoxy) is 1. The van der Waals surface area contributed by atoms with E-state index in [4.69, 9.17) is 0 Å². The van der Waals surface area contributed by atoms with Gasteiger partial charge in [-0.15, -0.1) is 0 Å². The molecule has 0 saturated carbocycles. The predicted molar refractivity (Wildman–Crippen MR) is 25.1 cm³/mol. The Morgan fingerprint density at radius 1 is 1.67 bits per heavy atom. The normalized spacial score (nSPS) is 16.0. The Morgan fingerprint density at radius 3 is 2.67 bits per heavy atom. The van der Waals surface area contributed by atoms with E-state index in [-0.39, 0.29) is 23.9 Å². The maximum atomic E-state index is 4.65. The zero-order valence-electron chi connectivity index (χ0n) is 3.35. The molecule has 0 atom stereocenters. The zero-order valence-corrected chi connectivity index (χ0v) is 6.20. The standard InChI is InChI=1S/C3H5NO.Sn/c1-2-5-3-4-1;/h3H,1-2H2;. The van der Waals surface area contributed by atoms with Crippen LogP contribution in [0.25, 0.3) is 0 Å². The van der Waals surface area contributed by atoms with Crippen molar-refractivity contribution in [2.24, 2.45) is 4.99 Å². The van der Waals surface area contributed by atoms with E-state index in [0.717, 1.165) is 13.2 Å². The Morgan fingerprint density at radius 2 is 2.50 bits per heavy atom. The molecule has 0 N–H and O–H groups in total. The second-order valence-corrected chi connectivity index (χ2v) is 0.882. The fraction of sp³-hybridized carbons (Fsp3) is 0.667. The molecule has 1 heterocycles. The average molecular weight is 190 g/mol. The first-order valence-electron chi connectivity index (χ1n) is 1.60. The summed E-state index contributed by atoms with van der Waals surface area (Å²) in [5.41, 5.74) is 0. The SMILES string of the molecule is C1=NCCO1.[Sn]. The van der Waals surface area contributed by atoms with Crippen LogP contribution < -0.4 is 0 Å². The van der Waals surface area contributed by atoms with Crippen LogP contribution in [0, 0.1) is 0 Å². The van der Waals surface area contributed by atoms with Crippen LogP contribution in [-0.4, -0.2) is 43.5 Å². The molecule has 0 aromatic carbocycles. The van der Waals surface area contributed by atoms with Gasteiger partial charge in [-0.25, -0.2) is 0 Å². The minimum Gasteiger partial charge on any atom is -0.482 e. The summed E-state index contributed by atoms with van der Waals surface area (Å²) in [6.45, 7) is 1.62. The van der Waals surface area contributed by atoms with Gasteiger partial charge in [-0.1, -0.05) is 0 Å². The van der Waals surface area contributed by atoms with Gasteiger partial charge in [0.25, 0.3) is 0 Å². The van der Waals surface area contributed by atoms with E-state index in [0.29, 0.717) is 0 Å². The number of hydrogen-bond acceptors (Lipinski definition) is 2. The molecule has 1 aliphatic rings. The van der Waals surface area contributed by atoms with Gasteiger partial charge in [0.1, 0.15) is 6.61 Å². The molecule has 0 unspecified atom stereocenters. The van der Waals surface area contributed by atoms with Crippen molar-refractivity contribution in [2.45, 2.75) is 0 Å². The van der Waals surface area contributed by atoms with E-state index in [1.54, 1.807) is 0 Å². The van der Waals surface area contributed by atoms with Crippen LogP contribution in [0.4, 0.5) is 0 Å². The van der Waals surface area contributed by atoms with Gasteiger partial charge in [0, 0.05) is 23.9 Å². The van der Waals surface area contributed by atoms with E-state index in [9.17, 15) is 0 Å². The molecule has 4 radical (unpaired) electrons. The Hall–Kier alpha value is 0.269. The third-order valence-electron chi connectivity index (χ3n) is 0.487. The van der Waals surface area contributed by atoms with Gasteiger partial charge in [0.15, 0.2) is 6.40 Å². The number of nitrogens with zero attached hydrogens (tertiary/aromatic N) is 1. The van der Waals surface area contributed by atoms with E-state index in [2.05, 4.69) is 9.73 Å². The van der Waals surface area contributed by atoms with E-state index < -0.39 is 0 Å². The summed E-state index contributed by atoms with van der Waals surface area (Å²) in [6, 6.07) is 0. The van der Waals surface area contributed by atoms with Crippen molar-refractivity contribution in [2.75, 3.05) is 13.2 Å². The minimum atomic E-state index is 0. The summed E-state index contributed by atoms with van der Waals surface area (Å²) in [7, 11) is 0. The van der Waals surface area contributed by atoms with Crippen molar-refractivity contribution in [1.29, 1.82) is 0 Å². The monoisotopic (exact) mass is 191 g/mol. The van der Waals surface area contributed by atoms with Gasteiger partial charge in [0.2, 0.25) is 0 Å². The van der Waals surface area contributed by atoms with Crippen LogP contribution in [0.1, 0.15) is 0 Å². The van der Waals surface area contributed by atoms with Crippen LogP contribution in [0.5, 0.6) is 0 Å².